The van der Waals surface area contributed by atoms with Gasteiger partial charge in [0, 0.05) is 43.5 Å². The van der Waals surface area contributed by atoms with Crippen molar-refractivity contribution in [1.82, 2.24) is 10.6 Å². The Morgan fingerprint density at radius 3 is 2.75 bits per heavy atom. The summed E-state index contributed by atoms with van der Waals surface area (Å²) in [6, 6.07) is 12.0. The van der Waals surface area contributed by atoms with E-state index in [0.29, 0.717) is 12.5 Å². The lowest BCUT2D eigenvalue weighted by atomic mass is 10.1. The molecule has 0 spiro atoms. The molecule has 1 unspecified atom stereocenters. The van der Waals surface area contributed by atoms with E-state index in [1.807, 2.05) is 24.3 Å². The van der Waals surface area contributed by atoms with Crippen molar-refractivity contribution in [3.63, 3.8) is 0 Å². The normalized spacial score (nSPS) is 12.5. The van der Waals surface area contributed by atoms with Crippen LogP contribution in [0.25, 0.3) is 0 Å². The molecule has 128 valence electrons. The van der Waals surface area contributed by atoms with Crippen LogP contribution in [-0.2, 0) is 11.3 Å². The molecule has 1 amide bonds. The summed E-state index contributed by atoms with van der Waals surface area (Å²) in [5, 5.41) is 11.5. The SMILES string of the molecule is CN=C(NCc1cccc(NC(C)=O)c1)NCC(C)c1cccs1. The van der Waals surface area contributed by atoms with E-state index < -0.39 is 0 Å². The number of nitrogens with zero attached hydrogens (tertiary/aromatic N) is 1. The molecule has 5 nitrogen and oxygen atoms in total. The van der Waals surface area contributed by atoms with Crippen molar-refractivity contribution in [2.75, 3.05) is 18.9 Å². The molecule has 1 aromatic carbocycles. The van der Waals surface area contributed by atoms with Crippen LogP contribution >= 0.6 is 11.3 Å². The zero-order valence-electron chi connectivity index (χ0n) is 14.3. The number of benzene rings is 1. The predicted molar refractivity (Wildman–Crippen MR) is 102 cm³/mol. The second kappa shape index (κ2) is 9.08. The molecule has 2 aromatic rings. The summed E-state index contributed by atoms with van der Waals surface area (Å²) in [6.45, 7) is 5.17. The summed E-state index contributed by atoms with van der Waals surface area (Å²) < 4.78 is 0. The Hall–Kier alpha value is -2.34. The van der Waals surface area contributed by atoms with Gasteiger partial charge in [-0.15, -0.1) is 11.3 Å². The van der Waals surface area contributed by atoms with Gasteiger partial charge in [-0.3, -0.25) is 9.79 Å². The molecule has 0 aliphatic rings. The quantitative estimate of drug-likeness (QED) is 0.557. The summed E-state index contributed by atoms with van der Waals surface area (Å²) >= 11 is 1.77. The van der Waals surface area contributed by atoms with Crippen molar-refractivity contribution >= 4 is 28.9 Å². The average Bonchev–Trinajstić information content (AvgIpc) is 3.09. The average molecular weight is 344 g/mol. The lowest BCUT2D eigenvalue weighted by Crippen LogP contribution is -2.38. The first-order valence-electron chi connectivity index (χ1n) is 7.93. The van der Waals surface area contributed by atoms with Gasteiger partial charge in [-0.25, -0.2) is 0 Å². The van der Waals surface area contributed by atoms with E-state index in [0.717, 1.165) is 23.8 Å². The monoisotopic (exact) mass is 344 g/mol. The van der Waals surface area contributed by atoms with Gasteiger partial charge in [-0.1, -0.05) is 25.1 Å². The summed E-state index contributed by atoms with van der Waals surface area (Å²) in [6.07, 6.45) is 0. The molecule has 0 radical (unpaired) electrons. The molecule has 0 bridgehead atoms. The molecule has 3 N–H and O–H groups in total. The van der Waals surface area contributed by atoms with Crippen LogP contribution in [0.4, 0.5) is 5.69 Å². The number of guanidine groups is 1. The number of carbonyl (C=O) groups is 1. The minimum atomic E-state index is -0.0693. The topological polar surface area (TPSA) is 65.5 Å². The smallest absolute Gasteiger partial charge is 0.221 e. The van der Waals surface area contributed by atoms with Crippen molar-refractivity contribution < 1.29 is 4.79 Å². The van der Waals surface area contributed by atoms with Crippen LogP contribution in [-0.4, -0.2) is 25.5 Å². The van der Waals surface area contributed by atoms with Crippen molar-refractivity contribution in [2.45, 2.75) is 26.3 Å². The first kappa shape index (κ1) is 18.0. The van der Waals surface area contributed by atoms with Gasteiger partial charge in [0.2, 0.25) is 5.91 Å². The van der Waals surface area contributed by atoms with E-state index in [9.17, 15) is 4.79 Å². The van der Waals surface area contributed by atoms with Crippen LogP contribution in [0.1, 0.15) is 30.2 Å². The van der Waals surface area contributed by atoms with Gasteiger partial charge < -0.3 is 16.0 Å². The highest BCUT2D eigenvalue weighted by Crippen LogP contribution is 2.19. The minimum absolute atomic E-state index is 0.0693. The molecule has 0 aliphatic heterocycles. The van der Waals surface area contributed by atoms with Crippen LogP contribution in [0, 0.1) is 0 Å². The van der Waals surface area contributed by atoms with Gasteiger partial charge in [0.25, 0.3) is 0 Å². The van der Waals surface area contributed by atoms with Gasteiger partial charge in [-0.05, 0) is 29.1 Å². The van der Waals surface area contributed by atoms with Crippen LogP contribution in [0.15, 0.2) is 46.8 Å². The van der Waals surface area contributed by atoms with Crippen molar-refractivity contribution in [2.24, 2.45) is 4.99 Å². The maximum absolute atomic E-state index is 11.1. The fraction of sp³-hybridized carbons (Fsp3) is 0.333. The summed E-state index contributed by atoms with van der Waals surface area (Å²) in [5.74, 6) is 1.13. The summed E-state index contributed by atoms with van der Waals surface area (Å²) in [7, 11) is 1.76. The van der Waals surface area contributed by atoms with Crippen molar-refractivity contribution in [3.05, 3.63) is 52.2 Å². The van der Waals surface area contributed by atoms with E-state index in [1.54, 1.807) is 18.4 Å². The van der Waals surface area contributed by atoms with Crippen LogP contribution < -0.4 is 16.0 Å². The molecule has 1 heterocycles. The van der Waals surface area contributed by atoms with E-state index in [1.165, 1.54) is 11.8 Å². The number of aliphatic imine (C=N–C) groups is 1. The van der Waals surface area contributed by atoms with Crippen molar-refractivity contribution in [3.8, 4) is 0 Å². The molecular weight excluding hydrogens is 320 g/mol. The number of nitrogens with one attached hydrogen (secondary N) is 3. The Labute approximate surface area is 147 Å². The Kier molecular flexibility index (Phi) is 6.81. The highest BCUT2D eigenvalue weighted by molar-refractivity contribution is 7.10. The minimum Gasteiger partial charge on any atom is -0.356 e. The molecule has 0 saturated heterocycles. The fourth-order valence-electron chi connectivity index (χ4n) is 2.29. The Balaban J connectivity index is 1.84. The zero-order valence-corrected chi connectivity index (χ0v) is 15.1. The largest absolute Gasteiger partial charge is 0.356 e. The number of amides is 1. The second-order valence-electron chi connectivity index (χ2n) is 5.60. The lowest BCUT2D eigenvalue weighted by molar-refractivity contribution is -0.114. The third-order valence-electron chi connectivity index (χ3n) is 3.54. The number of rotatable bonds is 6. The van der Waals surface area contributed by atoms with E-state index in [4.69, 9.17) is 0 Å². The van der Waals surface area contributed by atoms with Gasteiger partial charge in [-0.2, -0.15) is 0 Å². The molecule has 2 rings (SSSR count). The van der Waals surface area contributed by atoms with Gasteiger partial charge >= 0.3 is 0 Å². The number of hydrogen-bond donors (Lipinski definition) is 3. The van der Waals surface area contributed by atoms with E-state index in [2.05, 4.69) is 45.4 Å². The van der Waals surface area contributed by atoms with Gasteiger partial charge in [0.05, 0.1) is 0 Å². The van der Waals surface area contributed by atoms with Crippen molar-refractivity contribution in [1.29, 1.82) is 0 Å². The molecule has 0 saturated carbocycles. The van der Waals surface area contributed by atoms with E-state index >= 15 is 0 Å². The van der Waals surface area contributed by atoms with Crippen LogP contribution in [0.5, 0.6) is 0 Å². The Morgan fingerprint density at radius 1 is 1.25 bits per heavy atom. The first-order chi connectivity index (χ1) is 11.6. The summed E-state index contributed by atoms with van der Waals surface area (Å²) in [5.41, 5.74) is 1.88. The van der Waals surface area contributed by atoms with Gasteiger partial charge in [0.1, 0.15) is 0 Å². The van der Waals surface area contributed by atoms with Crippen LogP contribution in [0.2, 0.25) is 0 Å². The zero-order chi connectivity index (χ0) is 17.4. The van der Waals surface area contributed by atoms with Crippen LogP contribution in [0.3, 0.4) is 0 Å². The molecule has 0 aliphatic carbocycles. The molecule has 6 heteroatoms. The Bertz CT molecular complexity index is 682. The molecule has 1 atom stereocenters. The predicted octanol–water partition coefficient (Wildman–Crippen LogP) is 3.18. The maximum atomic E-state index is 11.1. The fourth-order valence-corrected chi connectivity index (χ4v) is 3.08. The third-order valence-corrected chi connectivity index (χ3v) is 4.64. The summed E-state index contributed by atoms with van der Waals surface area (Å²) in [4.78, 5) is 16.7. The number of anilines is 1. The maximum Gasteiger partial charge on any atom is 0.221 e. The number of thiophene rings is 1. The third kappa shape index (κ3) is 5.70. The van der Waals surface area contributed by atoms with Gasteiger partial charge in [0.15, 0.2) is 5.96 Å². The second-order valence-corrected chi connectivity index (χ2v) is 6.58. The molecular formula is C18H24N4OS. The first-order valence-corrected chi connectivity index (χ1v) is 8.81. The highest BCUT2D eigenvalue weighted by atomic mass is 32.1. The standard InChI is InChI=1S/C18H24N4OS/c1-13(17-8-5-9-24-17)11-20-18(19-3)21-12-15-6-4-7-16(10-15)22-14(2)23/h4-10,13H,11-12H2,1-3H3,(H,22,23)(H2,19,20,21). The number of hydrogen-bond acceptors (Lipinski definition) is 3. The van der Waals surface area contributed by atoms with E-state index in [-0.39, 0.29) is 5.91 Å². The number of carbonyl (C=O) groups excluding carboxylic acids is 1. The highest BCUT2D eigenvalue weighted by Gasteiger charge is 2.07. The lowest BCUT2D eigenvalue weighted by Gasteiger charge is -2.15. The molecule has 1 aromatic heterocycles. The Morgan fingerprint density at radius 2 is 2.08 bits per heavy atom. The molecule has 0 fully saturated rings. The molecule has 24 heavy (non-hydrogen) atoms.